The van der Waals surface area contributed by atoms with Gasteiger partial charge in [0.1, 0.15) is 11.3 Å². The number of carboxylic acids is 1. The number of nitrogens with zero attached hydrogens (tertiary/aromatic N) is 3. The van der Waals surface area contributed by atoms with E-state index in [1.54, 1.807) is 21.9 Å². The second kappa shape index (κ2) is 10.1. The number of fused-ring (bicyclic) bond motifs is 1. The summed E-state index contributed by atoms with van der Waals surface area (Å²) in [5.41, 5.74) is 0.853. The summed E-state index contributed by atoms with van der Waals surface area (Å²) < 4.78 is 20.4. The van der Waals surface area contributed by atoms with Gasteiger partial charge in [0.15, 0.2) is 11.3 Å². The largest absolute Gasteiger partial charge is 0.481 e. The first-order valence-electron chi connectivity index (χ1n) is 13.8. The Morgan fingerprint density at radius 2 is 1.83 bits per heavy atom. The van der Waals surface area contributed by atoms with E-state index in [1.807, 2.05) is 40.7 Å². The molecule has 10 heteroatoms. The summed E-state index contributed by atoms with van der Waals surface area (Å²) in [7, 11) is 0. The van der Waals surface area contributed by atoms with Crippen LogP contribution in [0.1, 0.15) is 76.4 Å². The minimum atomic E-state index is -0.961. The molecule has 3 heterocycles. The number of aliphatic carboxylic acids is 1. The van der Waals surface area contributed by atoms with Gasteiger partial charge in [-0.05, 0) is 50.3 Å². The average molecular weight is 584 g/mol. The maximum atomic E-state index is 14.2. The van der Waals surface area contributed by atoms with Crippen LogP contribution in [0.25, 0.3) is 22.4 Å². The van der Waals surface area contributed by atoms with Gasteiger partial charge in [-0.1, -0.05) is 44.9 Å². The molecule has 2 aromatic heterocycles. The first kappa shape index (κ1) is 29.0. The van der Waals surface area contributed by atoms with Crippen molar-refractivity contribution in [2.24, 2.45) is 5.41 Å². The number of halogens is 2. The highest BCUT2D eigenvalue weighted by Crippen LogP contribution is 2.45. The molecule has 2 amide bonds. The smallest absolute Gasteiger partial charge is 0.310 e. The van der Waals surface area contributed by atoms with Crippen molar-refractivity contribution in [3.05, 3.63) is 52.5 Å². The molecular formula is C31H35ClFN3O5. The van der Waals surface area contributed by atoms with E-state index in [9.17, 15) is 23.9 Å². The molecule has 1 saturated heterocycles. The van der Waals surface area contributed by atoms with Crippen LogP contribution in [-0.4, -0.2) is 62.8 Å². The molecule has 0 atom stereocenters. The number of aromatic nitrogens is 1. The normalized spacial score (nSPS) is 18.3. The molecule has 2 fully saturated rings. The van der Waals surface area contributed by atoms with Gasteiger partial charge in [-0.3, -0.25) is 14.4 Å². The Hall–Kier alpha value is -3.46. The van der Waals surface area contributed by atoms with Crippen LogP contribution in [0.2, 0.25) is 5.02 Å². The first-order chi connectivity index (χ1) is 19.1. The maximum absolute atomic E-state index is 14.2. The number of pyridine rings is 1. The SMILES string of the molecule is CC(C)(C)c1cc(-c2ccc(Cl)c(F)c2)nc2cc(C(=O)N3CCN(C(=O)CC4(C(=O)O)CCC4)CC3(C)C)oc12. The second-order valence-corrected chi connectivity index (χ2v) is 13.4. The standard InChI is InChI=1S/C31H35ClFN3O5/c1-29(2,3)19-14-22(18-7-8-20(32)21(33)13-18)34-23-15-24(41-26(19)23)27(38)36-12-11-35(17-30(36,4)5)25(37)16-31(28(39)40)9-6-10-31/h7-8,13-15H,6,9-12,16-17H2,1-5H3,(H,39,40). The summed E-state index contributed by atoms with van der Waals surface area (Å²) in [6, 6.07) is 7.98. The summed E-state index contributed by atoms with van der Waals surface area (Å²) in [5.74, 6) is -1.84. The van der Waals surface area contributed by atoms with Gasteiger partial charge in [0.05, 0.1) is 21.7 Å². The third-order valence-corrected chi connectivity index (χ3v) is 8.77. The molecule has 41 heavy (non-hydrogen) atoms. The highest BCUT2D eigenvalue weighted by atomic mass is 35.5. The molecule has 1 aliphatic heterocycles. The Balaban J connectivity index is 1.42. The molecule has 2 aliphatic rings. The number of carboxylic acid groups (broad SMARTS) is 1. The van der Waals surface area contributed by atoms with Crippen LogP contribution in [0.3, 0.4) is 0 Å². The third-order valence-electron chi connectivity index (χ3n) is 8.47. The minimum absolute atomic E-state index is 0.0168. The van der Waals surface area contributed by atoms with E-state index in [4.69, 9.17) is 21.0 Å². The Morgan fingerprint density at radius 3 is 2.39 bits per heavy atom. The van der Waals surface area contributed by atoms with Gasteiger partial charge in [-0.15, -0.1) is 0 Å². The molecule has 8 nitrogen and oxygen atoms in total. The van der Waals surface area contributed by atoms with E-state index in [0.717, 1.165) is 12.0 Å². The van der Waals surface area contributed by atoms with Crippen molar-refractivity contribution in [1.82, 2.24) is 14.8 Å². The van der Waals surface area contributed by atoms with Crippen molar-refractivity contribution in [2.75, 3.05) is 19.6 Å². The molecule has 0 bridgehead atoms. The Labute approximate surface area is 243 Å². The molecule has 1 aromatic carbocycles. The van der Waals surface area contributed by atoms with Crippen LogP contribution in [0.4, 0.5) is 4.39 Å². The topological polar surface area (TPSA) is 104 Å². The lowest BCUT2D eigenvalue weighted by atomic mass is 9.66. The molecule has 5 rings (SSSR count). The number of rotatable bonds is 5. The molecule has 0 unspecified atom stereocenters. The number of hydrogen-bond acceptors (Lipinski definition) is 5. The number of furan rings is 1. The molecule has 218 valence electrons. The molecule has 0 radical (unpaired) electrons. The second-order valence-electron chi connectivity index (χ2n) is 13.0. The fourth-order valence-electron chi connectivity index (χ4n) is 5.84. The van der Waals surface area contributed by atoms with Gasteiger partial charge >= 0.3 is 5.97 Å². The van der Waals surface area contributed by atoms with E-state index in [0.29, 0.717) is 41.7 Å². The van der Waals surface area contributed by atoms with E-state index in [2.05, 4.69) is 0 Å². The van der Waals surface area contributed by atoms with Crippen molar-refractivity contribution in [1.29, 1.82) is 0 Å². The van der Waals surface area contributed by atoms with Crippen LogP contribution in [0.15, 0.2) is 34.7 Å². The monoisotopic (exact) mass is 583 g/mol. The highest BCUT2D eigenvalue weighted by Gasteiger charge is 2.48. The van der Waals surface area contributed by atoms with Gasteiger partial charge < -0.3 is 19.3 Å². The average Bonchev–Trinajstić information content (AvgIpc) is 3.29. The number of carbonyl (C=O) groups is 3. The number of benzene rings is 1. The van der Waals surface area contributed by atoms with Gasteiger partial charge in [0, 0.05) is 43.2 Å². The lowest BCUT2D eigenvalue weighted by Gasteiger charge is -2.47. The van der Waals surface area contributed by atoms with Crippen molar-refractivity contribution < 1.29 is 28.3 Å². The van der Waals surface area contributed by atoms with Crippen molar-refractivity contribution in [3.8, 4) is 11.3 Å². The number of hydrogen-bond donors (Lipinski definition) is 1. The van der Waals surface area contributed by atoms with Crippen LogP contribution in [-0.2, 0) is 15.0 Å². The minimum Gasteiger partial charge on any atom is -0.481 e. The van der Waals surface area contributed by atoms with E-state index >= 15 is 0 Å². The number of carbonyl (C=O) groups excluding carboxylic acids is 2. The number of piperazine rings is 1. The summed E-state index contributed by atoms with van der Waals surface area (Å²) in [6.07, 6.45) is 1.83. The lowest BCUT2D eigenvalue weighted by Crippen LogP contribution is -2.62. The third kappa shape index (κ3) is 5.32. The summed E-state index contributed by atoms with van der Waals surface area (Å²) in [5, 5.41) is 9.67. The van der Waals surface area contributed by atoms with Crippen LogP contribution < -0.4 is 0 Å². The number of amides is 2. The highest BCUT2D eigenvalue weighted by molar-refractivity contribution is 6.30. The zero-order chi connectivity index (χ0) is 29.9. The zero-order valence-corrected chi connectivity index (χ0v) is 24.8. The zero-order valence-electron chi connectivity index (χ0n) is 24.0. The van der Waals surface area contributed by atoms with Gasteiger partial charge in [-0.2, -0.15) is 0 Å². The van der Waals surface area contributed by atoms with Crippen LogP contribution in [0.5, 0.6) is 0 Å². The molecule has 1 aliphatic carbocycles. The van der Waals surface area contributed by atoms with Gasteiger partial charge in [0.2, 0.25) is 5.91 Å². The van der Waals surface area contributed by atoms with Crippen molar-refractivity contribution in [2.45, 2.75) is 71.3 Å². The summed E-state index contributed by atoms with van der Waals surface area (Å²) >= 11 is 5.88. The fourth-order valence-corrected chi connectivity index (χ4v) is 5.95. The van der Waals surface area contributed by atoms with Crippen LogP contribution >= 0.6 is 11.6 Å². The lowest BCUT2D eigenvalue weighted by molar-refractivity contribution is -0.160. The fraction of sp³-hybridized carbons (Fsp3) is 0.484. The molecule has 0 spiro atoms. The van der Waals surface area contributed by atoms with Gasteiger partial charge in [0.25, 0.3) is 5.91 Å². The molecular weight excluding hydrogens is 549 g/mol. The molecule has 1 N–H and O–H groups in total. The van der Waals surface area contributed by atoms with E-state index in [1.165, 1.54) is 12.1 Å². The Bertz CT molecular complexity index is 1550. The first-order valence-corrected chi connectivity index (χ1v) is 14.2. The Morgan fingerprint density at radius 1 is 1.12 bits per heavy atom. The predicted molar refractivity (Wildman–Crippen MR) is 153 cm³/mol. The predicted octanol–water partition coefficient (Wildman–Crippen LogP) is 6.29. The molecule has 3 aromatic rings. The van der Waals surface area contributed by atoms with Crippen LogP contribution in [0, 0.1) is 11.2 Å². The summed E-state index contributed by atoms with van der Waals surface area (Å²) in [4.78, 5) is 46.7. The van der Waals surface area contributed by atoms with Crippen molar-refractivity contribution >= 4 is 40.5 Å². The quantitative estimate of drug-likeness (QED) is 0.378. The van der Waals surface area contributed by atoms with Crippen molar-refractivity contribution in [3.63, 3.8) is 0 Å². The van der Waals surface area contributed by atoms with E-state index < -0.39 is 22.7 Å². The summed E-state index contributed by atoms with van der Waals surface area (Å²) in [6.45, 7) is 10.7. The van der Waals surface area contributed by atoms with Gasteiger partial charge in [-0.25, -0.2) is 9.37 Å². The molecule has 1 saturated carbocycles. The Kier molecular flexibility index (Phi) is 7.17. The van der Waals surface area contributed by atoms with E-state index in [-0.39, 0.29) is 47.5 Å². The maximum Gasteiger partial charge on any atom is 0.310 e.